The number of hydrogen-bond donors (Lipinski definition) is 2. The van der Waals surface area contributed by atoms with E-state index in [1.54, 1.807) is 0 Å². The van der Waals surface area contributed by atoms with Crippen LogP contribution in [-0.2, 0) is 14.9 Å². The molecule has 1 aromatic rings. The summed E-state index contributed by atoms with van der Waals surface area (Å²) in [7, 11) is 0. The van der Waals surface area contributed by atoms with Crippen molar-refractivity contribution in [3.63, 3.8) is 0 Å². The van der Waals surface area contributed by atoms with E-state index < -0.39 is 12.0 Å². The summed E-state index contributed by atoms with van der Waals surface area (Å²) in [6.07, 6.45) is 1.95. The van der Waals surface area contributed by atoms with Crippen LogP contribution in [0.4, 0.5) is 0 Å². The summed E-state index contributed by atoms with van der Waals surface area (Å²) < 4.78 is 5.40. The molecule has 2 rings (SSSR count). The van der Waals surface area contributed by atoms with Gasteiger partial charge in [-0.25, -0.2) is 0 Å². The van der Waals surface area contributed by atoms with Gasteiger partial charge in [0.25, 0.3) is 0 Å². The van der Waals surface area contributed by atoms with Crippen molar-refractivity contribution in [2.45, 2.75) is 30.7 Å². The molecule has 5 heteroatoms. The predicted molar refractivity (Wildman–Crippen MR) is 73.4 cm³/mol. The molecule has 1 aromatic carbocycles. The fourth-order valence-electron chi connectivity index (χ4n) is 2.70. The molecule has 1 fully saturated rings. The molecule has 1 atom stereocenters. The van der Waals surface area contributed by atoms with Crippen LogP contribution in [0.1, 0.15) is 24.8 Å². The second kappa shape index (κ2) is 5.90. The van der Waals surface area contributed by atoms with E-state index in [0.717, 1.165) is 18.4 Å². The van der Waals surface area contributed by atoms with Gasteiger partial charge in [0.15, 0.2) is 0 Å². The Morgan fingerprint density at radius 3 is 2.74 bits per heavy atom. The minimum absolute atomic E-state index is 0.249. The largest absolute Gasteiger partial charge is 0.480 e. The van der Waals surface area contributed by atoms with Crippen molar-refractivity contribution >= 4 is 17.6 Å². The molecule has 1 saturated heterocycles. The van der Waals surface area contributed by atoms with Crippen molar-refractivity contribution in [3.8, 4) is 0 Å². The number of halogens is 1. The van der Waals surface area contributed by atoms with E-state index in [4.69, 9.17) is 27.2 Å². The van der Waals surface area contributed by atoms with Gasteiger partial charge in [-0.05, 0) is 37.0 Å². The van der Waals surface area contributed by atoms with Gasteiger partial charge in [-0.2, -0.15) is 0 Å². The van der Waals surface area contributed by atoms with E-state index in [1.807, 2.05) is 24.3 Å². The Labute approximate surface area is 117 Å². The minimum Gasteiger partial charge on any atom is -0.480 e. The van der Waals surface area contributed by atoms with Gasteiger partial charge in [-0.1, -0.05) is 23.7 Å². The average Bonchev–Trinajstić information content (AvgIpc) is 2.39. The van der Waals surface area contributed by atoms with Gasteiger partial charge < -0.3 is 15.6 Å². The van der Waals surface area contributed by atoms with Crippen LogP contribution in [0.15, 0.2) is 24.3 Å². The molecule has 0 saturated carbocycles. The maximum absolute atomic E-state index is 11.0. The molecule has 1 aliphatic heterocycles. The van der Waals surface area contributed by atoms with Crippen molar-refractivity contribution < 1.29 is 14.6 Å². The zero-order valence-corrected chi connectivity index (χ0v) is 11.4. The van der Waals surface area contributed by atoms with Gasteiger partial charge in [0.2, 0.25) is 0 Å². The van der Waals surface area contributed by atoms with E-state index in [1.165, 1.54) is 0 Å². The molecular formula is C14H18ClNO3. The fourth-order valence-corrected chi connectivity index (χ4v) is 2.89. The summed E-state index contributed by atoms with van der Waals surface area (Å²) >= 11 is 6.05. The topological polar surface area (TPSA) is 72.5 Å². The fraction of sp³-hybridized carbons (Fsp3) is 0.500. The van der Waals surface area contributed by atoms with E-state index in [2.05, 4.69) is 0 Å². The third-order valence-corrected chi connectivity index (χ3v) is 4.05. The predicted octanol–water partition coefficient (Wildman–Crippen LogP) is 2.19. The molecule has 0 radical (unpaired) electrons. The Kier molecular flexibility index (Phi) is 4.45. The lowest BCUT2D eigenvalue weighted by Gasteiger charge is -2.39. The van der Waals surface area contributed by atoms with Gasteiger partial charge in [0.05, 0.1) is 0 Å². The van der Waals surface area contributed by atoms with Gasteiger partial charge in [0, 0.05) is 23.7 Å². The van der Waals surface area contributed by atoms with Crippen LogP contribution in [0.3, 0.4) is 0 Å². The molecule has 104 valence electrons. The number of carbonyl (C=O) groups is 1. The standard InChI is InChI=1S/C14H18ClNO3/c15-11-3-1-2-10(8-11)14(4-6-19-7-5-14)9-12(16)13(17)18/h1-3,8,12H,4-7,9,16H2,(H,17,18). The molecule has 1 aliphatic rings. The van der Waals surface area contributed by atoms with Gasteiger partial charge in [-0.3, -0.25) is 4.79 Å². The zero-order valence-electron chi connectivity index (χ0n) is 10.6. The van der Waals surface area contributed by atoms with Crippen LogP contribution in [0.2, 0.25) is 5.02 Å². The molecule has 1 unspecified atom stereocenters. The summed E-state index contributed by atoms with van der Waals surface area (Å²) in [6.45, 7) is 1.25. The number of carboxylic acid groups (broad SMARTS) is 1. The highest BCUT2D eigenvalue weighted by Crippen LogP contribution is 2.39. The van der Waals surface area contributed by atoms with Gasteiger partial charge >= 0.3 is 5.97 Å². The van der Waals surface area contributed by atoms with E-state index >= 15 is 0 Å². The number of rotatable bonds is 4. The quantitative estimate of drug-likeness (QED) is 0.888. The molecule has 0 bridgehead atoms. The zero-order chi connectivity index (χ0) is 13.9. The molecule has 3 N–H and O–H groups in total. The van der Waals surface area contributed by atoms with E-state index in [0.29, 0.717) is 24.7 Å². The van der Waals surface area contributed by atoms with E-state index in [-0.39, 0.29) is 5.41 Å². The average molecular weight is 284 g/mol. The maximum Gasteiger partial charge on any atom is 0.320 e. The third-order valence-electron chi connectivity index (χ3n) is 3.81. The lowest BCUT2D eigenvalue weighted by molar-refractivity contribution is -0.139. The Morgan fingerprint density at radius 1 is 1.47 bits per heavy atom. The first-order chi connectivity index (χ1) is 9.03. The third kappa shape index (κ3) is 3.26. The van der Waals surface area contributed by atoms with Crippen molar-refractivity contribution in [1.29, 1.82) is 0 Å². The summed E-state index contributed by atoms with van der Waals surface area (Å²) in [6, 6.07) is 6.74. The molecule has 1 heterocycles. The molecule has 0 aliphatic carbocycles. The van der Waals surface area contributed by atoms with Crippen molar-refractivity contribution in [3.05, 3.63) is 34.9 Å². The number of hydrogen-bond acceptors (Lipinski definition) is 3. The SMILES string of the molecule is NC(CC1(c2cccc(Cl)c2)CCOCC1)C(=O)O. The first-order valence-corrected chi connectivity index (χ1v) is 6.73. The lowest BCUT2D eigenvalue weighted by Crippen LogP contribution is -2.42. The molecule has 19 heavy (non-hydrogen) atoms. The summed E-state index contributed by atoms with van der Waals surface area (Å²) in [4.78, 5) is 11.0. The Bertz CT molecular complexity index is 458. The summed E-state index contributed by atoms with van der Waals surface area (Å²) in [5, 5.41) is 9.71. The summed E-state index contributed by atoms with van der Waals surface area (Å²) in [5.41, 5.74) is 6.54. The highest BCUT2D eigenvalue weighted by Gasteiger charge is 2.37. The second-order valence-electron chi connectivity index (χ2n) is 5.05. The number of aliphatic carboxylic acids is 1. The van der Waals surface area contributed by atoms with Crippen molar-refractivity contribution in [2.24, 2.45) is 5.73 Å². The minimum atomic E-state index is -0.965. The van der Waals surface area contributed by atoms with Crippen LogP contribution in [0.5, 0.6) is 0 Å². The molecule has 0 spiro atoms. The smallest absolute Gasteiger partial charge is 0.320 e. The first-order valence-electron chi connectivity index (χ1n) is 6.36. The number of benzene rings is 1. The first kappa shape index (κ1) is 14.3. The Balaban J connectivity index is 2.31. The lowest BCUT2D eigenvalue weighted by atomic mass is 9.70. The van der Waals surface area contributed by atoms with E-state index in [9.17, 15) is 4.79 Å². The highest BCUT2D eigenvalue weighted by atomic mass is 35.5. The van der Waals surface area contributed by atoms with Crippen LogP contribution in [0.25, 0.3) is 0 Å². The number of carboxylic acids is 1. The number of ether oxygens (including phenoxy) is 1. The number of nitrogens with two attached hydrogens (primary N) is 1. The normalized spacial score (nSPS) is 19.9. The highest BCUT2D eigenvalue weighted by molar-refractivity contribution is 6.30. The second-order valence-corrected chi connectivity index (χ2v) is 5.49. The van der Waals surface area contributed by atoms with Crippen molar-refractivity contribution in [2.75, 3.05) is 13.2 Å². The Hall–Kier alpha value is -1.10. The Morgan fingerprint density at radius 2 is 2.16 bits per heavy atom. The molecule has 4 nitrogen and oxygen atoms in total. The van der Waals surface area contributed by atoms with Gasteiger partial charge in [0.1, 0.15) is 6.04 Å². The van der Waals surface area contributed by atoms with Gasteiger partial charge in [-0.15, -0.1) is 0 Å². The van der Waals surface area contributed by atoms with Crippen molar-refractivity contribution in [1.82, 2.24) is 0 Å². The van der Waals surface area contributed by atoms with Crippen LogP contribution in [0, 0.1) is 0 Å². The maximum atomic E-state index is 11.0. The van der Waals surface area contributed by atoms with Crippen LogP contribution < -0.4 is 5.73 Å². The van der Waals surface area contributed by atoms with Crippen LogP contribution >= 0.6 is 11.6 Å². The molecular weight excluding hydrogens is 266 g/mol. The van der Waals surface area contributed by atoms with Crippen LogP contribution in [-0.4, -0.2) is 30.3 Å². The summed E-state index contributed by atoms with van der Waals surface area (Å²) in [5.74, 6) is -0.965. The molecule has 0 amide bonds. The molecule has 0 aromatic heterocycles. The monoisotopic (exact) mass is 283 g/mol.